The summed E-state index contributed by atoms with van der Waals surface area (Å²) < 4.78 is 1.08. The van der Waals surface area contributed by atoms with E-state index in [9.17, 15) is 4.79 Å². The van der Waals surface area contributed by atoms with E-state index in [2.05, 4.69) is 10.1 Å². The number of anilines is 1. The van der Waals surface area contributed by atoms with Crippen molar-refractivity contribution in [1.82, 2.24) is 4.98 Å². The molecule has 0 saturated heterocycles. The summed E-state index contributed by atoms with van der Waals surface area (Å²) in [5, 5.41) is 6.50. The Hall–Kier alpha value is -1.75. The number of rotatable bonds is 2. The zero-order valence-corrected chi connectivity index (χ0v) is 11.1. The summed E-state index contributed by atoms with van der Waals surface area (Å²) in [6.07, 6.45) is 0.800. The highest BCUT2D eigenvalue weighted by atomic mass is 32.1. The number of aromatic nitrogens is 1. The average Bonchev–Trinajstić information content (AvgIpc) is 2.92. The van der Waals surface area contributed by atoms with E-state index in [1.54, 1.807) is 0 Å². The Kier molecular flexibility index (Phi) is 2.63. The molecule has 0 aliphatic carbocycles. The van der Waals surface area contributed by atoms with Crippen LogP contribution in [-0.4, -0.2) is 16.6 Å². The van der Waals surface area contributed by atoms with Crippen LogP contribution in [0.5, 0.6) is 0 Å². The van der Waals surface area contributed by atoms with Crippen LogP contribution in [0.2, 0.25) is 0 Å². The molecular weight excluding hydrogens is 246 g/mol. The minimum Gasteiger partial charge on any atom is -0.272 e. The first-order valence-corrected chi connectivity index (χ1v) is 6.79. The predicted molar refractivity (Wildman–Crippen MR) is 74.0 cm³/mol. The Balaban J connectivity index is 2.05. The zero-order valence-electron chi connectivity index (χ0n) is 10.3. The van der Waals surface area contributed by atoms with E-state index in [1.807, 2.05) is 38.1 Å². The normalized spacial score (nSPS) is 19.7. The van der Waals surface area contributed by atoms with Crippen LogP contribution in [0, 0.1) is 5.92 Å². The Morgan fingerprint density at radius 3 is 2.83 bits per heavy atom. The highest BCUT2D eigenvalue weighted by Gasteiger charge is 2.33. The van der Waals surface area contributed by atoms with Crippen molar-refractivity contribution in [3.8, 4) is 0 Å². The fraction of sp³-hybridized carbons (Fsp3) is 0.308. The molecule has 1 unspecified atom stereocenters. The Labute approximate surface area is 109 Å². The van der Waals surface area contributed by atoms with Crippen LogP contribution in [0.25, 0.3) is 10.2 Å². The van der Waals surface area contributed by atoms with Gasteiger partial charge in [-0.1, -0.05) is 30.4 Å². The number of hydrogen-bond acceptors (Lipinski definition) is 4. The lowest BCUT2D eigenvalue weighted by Crippen LogP contribution is -2.25. The van der Waals surface area contributed by atoms with Crippen LogP contribution in [0.15, 0.2) is 29.4 Å². The number of carbonyl (C=O) groups excluding carboxylic acids is 1. The molecule has 0 fully saturated rings. The molecule has 3 rings (SSSR count). The highest BCUT2D eigenvalue weighted by Crippen LogP contribution is 2.32. The zero-order chi connectivity index (χ0) is 12.7. The van der Waals surface area contributed by atoms with Gasteiger partial charge in [0.05, 0.1) is 21.8 Å². The van der Waals surface area contributed by atoms with Gasteiger partial charge in [0.15, 0.2) is 0 Å². The maximum atomic E-state index is 12.1. The van der Waals surface area contributed by atoms with Gasteiger partial charge >= 0.3 is 0 Å². The van der Waals surface area contributed by atoms with Crippen LogP contribution >= 0.6 is 11.3 Å². The topological polar surface area (TPSA) is 45.6 Å². The van der Waals surface area contributed by atoms with Crippen LogP contribution in [0.1, 0.15) is 20.3 Å². The van der Waals surface area contributed by atoms with Gasteiger partial charge in [-0.3, -0.25) is 4.79 Å². The second-order valence-electron chi connectivity index (χ2n) is 4.28. The van der Waals surface area contributed by atoms with Gasteiger partial charge in [-0.2, -0.15) is 10.1 Å². The number of thiazole rings is 1. The number of benzene rings is 1. The van der Waals surface area contributed by atoms with Gasteiger partial charge in [-0.15, -0.1) is 0 Å². The predicted octanol–water partition coefficient (Wildman–Crippen LogP) is 3.05. The third-order valence-electron chi connectivity index (χ3n) is 3.13. The Morgan fingerprint density at radius 2 is 2.17 bits per heavy atom. The second-order valence-corrected chi connectivity index (χ2v) is 5.29. The van der Waals surface area contributed by atoms with E-state index < -0.39 is 0 Å². The lowest BCUT2D eigenvalue weighted by atomic mass is 10.0. The van der Waals surface area contributed by atoms with E-state index in [0.717, 1.165) is 22.3 Å². The number of nitrogens with zero attached hydrogens (tertiary/aromatic N) is 3. The minimum absolute atomic E-state index is 0.0194. The largest absolute Gasteiger partial charge is 0.272 e. The van der Waals surface area contributed by atoms with Crippen LogP contribution in [0.4, 0.5) is 5.13 Å². The Bertz CT molecular complexity index is 613. The van der Waals surface area contributed by atoms with Crippen molar-refractivity contribution in [1.29, 1.82) is 0 Å². The van der Waals surface area contributed by atoms with Gasteiger partial charge in [0.1, 0.15) is 0 Å². The van der Waals surface area contributed by atoms with Crippen molar-refractivity contribution < 1.29 is 4.79 Å². The lowest BCUT2D eigenvalue weighted by Gasteiger charge is -2.07. The fourth-order valence-electron chi connectivity index (χ4n) is 2.05. The van der Waals surface area contributed by atoms with Gasteiger partial charge < -0.3 is 0 Å². The van der Waals surface area contributed by atoms with E-state index in [4.69, 9.17) is 0 Å². The SMILES string of the molecule is CCC1=NN(c2nc3ccccc3s2)C(=O)C1C. The van der Waals surface area contributed by atoms with Crippen molar-refractivity contribution >= 4 is 38.3 Å². The van der Waals surface area contributed by atoms with E-state index in [-0.39, 0.29) is 11.8 Å². The summed E-state index contributed by atoms with van der Waals surface area (Å²) in [7, 11) is 0. The standard InChI is InChI=1S/C13H13N3OS/c1-3-9-8(2)12(17)16(15-9)13-14-10-6-4-5-7-11(10)18-13/h4-8H,3H2,1-2H3. The molecule has 1 aliphatic rings. The summed E-state index contributed by atoms with van der Waals surface area (Å²) in [6, 6.07) is 7.87. The molecule has 0 spiro atoms. The number of hydrazone groups is 1. The van der Waals surface area contributed by atoms with Crippen LogP contribution in [-0.2, 0) is 4.79 Å². The van der Waals surface area contributed by atoms with E-state index in [1.165, 1.54) is 16.3 Å². The number of fused-ring (bicyclic) bond motifs is 1. The van der Waals surface area contributed by atoms with Crippen molar-refractivity contribution in [2.24, 2.45) is 11.0 Å². The molecule has 5 heteroatoms. The smallest absolute Gasteiger partial charge is 0.258 e. The van der Waals surface area contributed by atoms with E-state index >= 15 is 0 Å². The van der Waals surface area contributed by atoms with Crippen molar-refractivity contribution in [3.63, 3.8) is 0 Å². The van der Waals surface area contributed by atoms with Gasteiger partial charge in [-0.05, 0) is 25.5 Å². The molecule has 0 N–H and O–H groups in total. The highest BCUT2D eigenvalue weighted by molar-refractivity contribution is 7.22. The van der Waals surface area contributed by atoms with Gasteiger partial charge in [0, 0.05) is 0 Å². The first kappa shape index (κ1) is 11.3. The molecule has 0 bridgehead atoms. The van der Waals surface area contributed by atoms with Gasteiger partial charge in [0.25, 0.3) is 5.91 Å². The molecule has 0 saturated carbocycles. The third kappa shape index (κ3) is 1.62. The quantitative estimate of drug-likeness (QED) is 0.832. The minimum atomic E-state index is -0.123. The number of amides is 1. The maximum Gasteiger partial charge on any atom is 0.258 e. The van der Waals surface area contributed by atoms with Crippen molar-refractivity contribution in [2.45, 2.75) is 20.3 Å². The molecule has 92 valence electrons. The summed E-state index contributed by atoms with van der Waals surface area (Å²) in [6.45, 7) is 3.92. The van der Waals surface area contributed by atoms with Crippen LogP contribution in [0.3, 0.4) is 0 Å². The van der Waals surface area contributed by atoms with Gasteiger partial charge in [0.2, 0.25) is 5.13 Å². The number of hydrogen-bond donors (Lipinski definition) is 0. The summed E-state index contributed by atoms with van der Waals surface area (Å²) in [5.74, 6) is -0.104. The van der Waals surface area contributed by atoms with Crippen molar-refractivity contribution in [2.75, 3.05) is 5.01 Å². The fourth-order valence-corrected chi connectivity index (χ4v) is 2.98. The number of carbonyl (C=O) groups is 1. The molecule has 1 aromatic carbocycles. The molecule has 1 aromatic heterocycles. The molecule has 2 aromatic rings. The third-order valence-corrected chi connectivity index (χ3v) is 4.15. The van der Waals surface area contributed by atoms with E-state index in [0.29, 0.717) is 5.13 Å². The maximum absolute atomic E-state index is 12.1. The average molecular weight is 259 g/mol. The summed E-state index contributed by atoms with van der Waals surface area (Å²) in [4.78, 5) is 16.6. The molecule has 18 heavy (non-hydrogen) atoms. The Morgan fingerprint density at radius 1 is 1.39 bits per heavy atom. The molecular formula is C13H13N3OS. The molecule has 1 amide bonds. The number of para-hydroxylation sites is 1. The first-order chi connectivity index (χ1) is 8.70. The molecule has 1 aliphatic heterocycles. The van der Waals surface area contributed by atoms with Gasteiger partial charge in [-0.25, -0.2) is 4.98 Å². The first-order valence-electron chi connectivity index (χ1n) is 5.97. The monoisotopic (exact) mass is 259 g/mol. The van der Waals surface area contributed by atoms with Crippen LogP contribution < -0.4 is 5.01 Å². The summed E-state index contributed by atoms with van der Waals surface area (Å²) in [5.41, 5.74) is 1.84. The molecule has 4 nitrogen and oxygen atoms in total. The second kappa shape index (κ2) is 4.17. The summed E-state index contributed by atoms with van der Waals surface area (Å²) >= 11 is 1.50. The lowest BCUT2D eigenvalue weighted by molar-refractivity contribution is -0.119. The van der Waals surface area contributed by atoms with Crippen molar-refractivity contribution in [3.05, 3.63) is 24.3 Å². The molecule has 2 heterocycles. The molecule has 1 atom stereocenters. The molecule has 0 radical (unpaired) electrons.